The number of benzene rings is 1. The van der Waals surface area contributed by atoms with E-state index in [1.54, 1.807) is 39.0 Å². The Bertz CT molecular complexity index is 2070. The maximum absolute atomic E-state index is 14.7. The summed E-state index contributed by atoms with van der Waals surface area (Å²) in [6.07, 6.45) is -5.60. The summed E-state index contributed by atoms with van der Waals surface area (Å²) in [4.78, 5) is 61.6. The van der Waals surface area contributed by atoms with E-state index in [9.17, 15) is 40.8 Å². The fourth-order valence-corrected chi connectivity index (χ4v) is 8.82. The standard InChI is InChI=1S/C38H49ClF3N5O11S/c1-6-22-19-37(22,33(50)46-59(52,53)58-36(5)13-14-36)45-31(48)26-17-23(56-27-18-28(55-7-2)43-30-24(27)9-8-10-25(30)39)20-47(26)32(49)29(21-11-15-54-16-12-21)44-34(51)57-35(3,4)38(40,41)42/h8-10,18,21-23,26,29H,6-7,11-17,19-20H2,1-5H3,(H,44,51)(H,45,48)(H,46,50)/t22-,23-,26+,29+,37-/m1/s1. The first kappa shape index (κ1) is 44.4. The van der Waals surface area contributed by atoms with Crippen LogP contribution in [-0.2, 0) is 38.3 Å². The topological polar surface area (TPSA) is 201 Å². The van der Waals surface area contributed by atoms with Crippen molar-refractivity contribution < 1.29 is 63.9 Å². The van der Waals surface area contributed by atoms with Gasteiger partial charge in [-0.25, -0.2) is 18.7 Å². The van der Waals surface area contributed by atoms with Crippen LogP contribution < -0.4 is 24.8 Å². The molecule has 326 valence electrons. The number of amides is 4. The van der Waals surface area contributed by atoms with Crippen LogP contribution in [0.25, 0.3) is 10.9 Å². The first-order valence-corrected chi connectivity index (χ1v) is 21.3. The molecule has 6 rings (SSSR count). The molecule has 16 nitrogen and oxygen atoms in total. The lowest BCUT2D eigenvalue weighted by Crippen LogP contribution is -2.60. The third-order valence-electron chi connectivity index (χ3n) is 11.3. The second-order valence-corrected chi connectivity index (χ2v) is 17.9. The van der Waals surface area contributed by atoms with Crippen molar-refractivity contribution in [2.24, 2.45) is 11.8 Å². The SMILES string of the molecule is CCOc1cc(O[C@@H]2C[C@@H](C(=O)N[C@]3(C(=O)NS(=O)(=O)OC4(C)CC4)C[C@H]3CC)N(C(=O)[C@@H](NC(=O)OC(C)(C)C(F)(F)F)C3CCOCC3)C2)c2cccc(Cl)c2n1. The zero-order valence-electron chi connectivity index (χ0n) is 33.3. The molecule has 5 atom stereocenters. The van der Waals surface area contributed by atoms with E-state index in [-0.39, 0.29) is 63.7 Å². The van der Waals surface area contributed by atoms with Crippen molar-refractivity contribution in [3.63, 3.8) is 0 Å². The van der Waals surface area contributed by atoms with Gasteiger partial charge in [0.15, 0.2) is 0 Å². The molecule has 0 spiro atoms. The molecule has 0 bridgehead atoms. The molecule has 4 fully saturated rings. The third kappa shape index (κ3) is 9.92. The van der Waals surface area contributed by atoms with Gasteiger partial charge in [0, 0.05) is 31.1 Å². The quantitative estimate of drug-likeness (QED) is 0.223. The number of halogens is 4. The van der Waals surface area contributed by atoms with Gasteiger partial charge in [-0.2, -0.15) is 21.6 Å². The Labute approximate surface area is 344 Å². The zero-order valence-corrected chi connectivity index (χ0v) is 34.9. The fourth-order valence-electron chi connectivity index (χ4n) is 7.45. The first-order valence-electron chi connectivity index (χ1n) is 19.5. The number of fused-ring (bicyclic) bond motifs is 1. The summed E-state index contributed by atoms with van der Waals surface area (Å²) in [6.45, 7) is 6.85. The van der Waals surface area contributed by atoms with Gasteiger partial charge in [-0.3, -0.25) is 14.4 Å². The van der Waals surface area contributed by atoms with Gasteiger partial charge in [-0.05, 0) is 83.8 Å². The normalized spacial score (nSPS) is 24.8. The van der Waals surface area contributed by atoms with Gasteiger partial charge in [0.1, 0.15) is 29.5 Å². The molecule has 2 aromatic rings. The number of ether oxygens (including phenoxy) is 4. The molecule has 0 radical (unpaired) electrons. The van der Waals surface area contributed by atoms with Crippen molar-refractivity contribution in [2.45, 2.75) is 121 Å². The average Bonchev–Trinajstić information content (AvgIpc) is 4.02. The Morgan fingerprint density at radius 1 is 1.12 bits per heavy atom. The van der Waals surface area contributed by atoms with E-state index in [1.165, 1.54) is 6.07 Å². The van der Waals surface area contributed by atoms with Crippen LogP contribution in [0.5, 0.6) is 11.6 Å². The first-order chi connectivity index (χ1) is 27.6. The highest BCUT2D eigenvalue weighted by Gasteiger charge is 2.62. The van der Waals surface area contributed by atoms with Crippen LogP contribution in [0.4, 0.5) is 18.0 Å². The summed E-state index contributed by atoms with van der Waals surface area (Å²) in [5.74, 6) is -3.31. The van der Waals surface area contributed by atoms with Crippen molar-refractivity contribution >= 4 is 56.6 Å². The monoisotopic (exact) mass is 875 g/mol. The Kier molecular flexibility index (Phi) is 12.6. The van der Waals surface area contributed by atoms with Gasteiger partial charge in [0.2, 0.25) is 23.3 Å². The molecule has 3 heterocycles. The van der Waals surface area contributed by atoms with Crippen LogP contribution in [0.3, 0.4) is 0 Å². The molecule has 2 aliphatic carbocycles. The van der Waals surface area contributed by atoms with Gasteiger partial charge < -0.3 is 34.5 Å². The number of rotatable bonds is 15. The summed E-state index contributed by atoms with van der Waals surface area (Å²) in [5, 5.41) is 5.87. The van der Waals surface area contributed by atoms with Crippen LogP contribution in [0.1, 0.15) is 79.6 Å². The van der Waals surface area contributed by atoms with Gasteiger partial charge in [-0.1, -0.05) is 31.0 Å². The van der Waals surface area contributed by atoms with Gasteiger partial charge in [0.05, 0.1) is 29.3 Å². The van der Waals surface area contributed by atoms with Gasteiger partial charge >= 0.3 is 22.6 Å². The fraction of sp³-hybridized carbons (Fsp3) is 0.658. The molecular formula is C38H49ClF3N5O11S. The number of hydrogen-bond donors (Lipinski definition) is 3. The van der Waals surface area contributed by atoms with Crippen LogP contribution in [0.15, 0.2) is 24.3 Å². The second kappa shape index (κ2) is 16.7. The Morgan fingerprint density at radius 3 is 2.42 bits per heavy atom. The minimum Gasteiger partial charge on any atom is -0.488 e. The lowest BCUT2D eigenvalue weighted by atomic mass is 9.90. The van der Waals surface area contributed by atoms with E-state index in [1.807, 2.05) is 4.72 Å². The highest BCUT2D eigenvalue weighted by Crippen LogP contribution is 2.47. The Hall–Kier alpha value is -4.14. The third-order valence-corrected chi connectivity index (χ3v) is 12.7. The van der Waals surface area contributed by atoms with E-state index in [2.05, 4.69) is 15.6 Å². The van der Waals surface area contributed by atoms with E-state index >= 15 is 0 Å². The molecule has 1 aromatic carbocycles. The number of nitrogens with one attached hydrogen (secondary N) is 3. The minimum atomic E-state index is -4.93. The number of carbonyl (C=O) groups is 4. The van der Waals surface area contributed by atoms with Crippen LogP contribution >= 0.6 is 11.6 Å². The van der Waals surface area contributed by atoms with E-state index in [4.69, 9.17) is 34.7 Å². The lowest BCUT2D eigenvalue weighted by Gasteiger charge is -2.35. The van der Waals surface area contributed by atoms with Crippen molar-refractivity contribution in [1.29, 1.82) is 0 Å². The molecule has 4 amide bonds. The van der Waals surface area contributed by atoms with Crippen LogP contribution in [-0.4, -0.2) is 110 Å². The average molecular weight is 876 g/mol. The van der Waals surface area contributed by atoms with Crippen molar-refractivity contribution in [3.05, 3.63) is 29.3 Å². The number of pyridine rings is 1. The summed E-state index contributed by atoms with van der Waals surface area (Å²) < 4.78 is 96.3. The van der Waals surface area contributed by atoms with E-state index in [0.717, 1.165) is 4.90 Å². The number of hydrogen-bond acceptors (Lipinski definition) is 12. The highest BCUT2D eigenvalue weighted by atomic mass is 35.5. The maximum Gasteiger partial charge on any atom is 0.427 e. The molecule has 2 saturated heterocycles. The van der Waals surface area contributed by atoms with Crippen molar-refractivity contribution in [1.82, 2.24) is 25.2 Å². The molecule has 59 heavy (non-hydrogen) atoms. The largest absolute Gasteiger partial charge is 0.488 e. The van der Waals surface area contributed by atoms with Crippen molar-refractivity contribution in [2.75, 3.05) is 26.4 Å². The molecule has 4 aliphatic rings. The molecule has 21 heteroatoms. The Balaban J connectivity index is 1.32. The van der Waals surface area contributed by atoms with Gasteiger partial charge in [0.25, 0.3) is 5.91 Å². The molecule has 3 N–H and O–H groups in total. The number of alkyl carbamates (subject to hydrolysis) is 1. The maximum atomic E-state index is 14.7. The smallest absolute Gasteiger partial charge is 0.427 e. The predicted molar refractivity (Wildman–Crippen MR) is 205 cm³/mol. The molecular weight excluding hydrogens is 827 g/mol. The minimum absolute atomic E-state index is 0.0888. The van der Waals surface area contributed by atoms with Crippen LogP contribution in [0.2, 0.25) is 5.02 Å². The number of carbonyl (C=O) groups excluding carboxylic acids is 4. The zero-order chi connectivity index (χ0) is 43.1. The predicted octanol–water partition coefficient (Wildman–Crippen LogP) is 4.71. The Morgan fingerprint density at radius 2 is 1.81 bits per heavy atom. The van der Waals surface area contributed by atoms with Crippen molar-refractivity contribution in [3.8, 4) is 11.6 Å². The number of para-hydroxylation sites is 1. The number of aromatic nitrogens is 1. The van der Waals surface area contributed by atoms with Crippen LogP contribution in [0, 0.1) is 11.8 Å². The molecule has 0 unspecified atom stereocenters. The highest BCUT2D eigenvalue weighted by molar-refractivity contribution is 7.85. The van der Waals surface area contributed by atoms with Gasteiger partial charge in [-0.15, -0.1) is 0 Å². The van der Waals surface area contributed by atoms with E-state index < -0.39 is 87.1 Å². The summed E-state index contributed by atoms with van der Waals surface area (Å²) in [6, 6.07) is 3.72. The summed E-state index contributed by atoms with van der Waals surface area (Å²) in [5.41, 5.74) is -5.15. The number of likely N-dealkylation sites (tertiary alicyclic amines) is 1. The molecule has 1 aromatic heterocycles. The second-order valence-electron chi connectivity index (χ2n) is 16.2. The molecule has 2 aliphatic heterocycles. The number of nitrogens with zero attached hydrogens (tertiary/aromatic N) is 2. The summed E-state index contributed by atoms with van der Waals surface area (Å²) in [7, 11) is -4.55. The number of alkyl halides is 3. The van der Waals surface area contributed by atoms with E-state index in [0.29, 0.717) is 49.0 Å². The summed E-state index contributed by atoms with van der Waals surface area (Å²) >= 11 is 6.48. The lowest BCUT2D eigenvalue weighted by molar-refractivity contribution is -0.244. The molecule has 2 saturated carbocycles.